The second kappa shape index (κ2) is 6.02. The van der Waals surface area contributed by atoms with Gasteiger partial charge in [-0.05, 0) is 24.8 Å². The number of amides is 1. The van der Waals surface area contributed by atoms with Gasteiger partial charge in [-0.15, -0.1) is 0 Å². The Labute approximate surface area is 134 Å². The summed E-state index contributed by atoms with van der Waals surface area (Å²) in [5.41, 5.74) is 1.67. The Hall–Kier alpha value is -2.37. The van der Waals surface area contributed by atoms with Gasteiger partial charge in [-0.1, -0.05) is 25.1 Å². The standard InChI is InChI=1S/C17H21N3O3/c1-11-7-8-20(15(9-11)17(22)23)16(21)10-13-12-5-3-4-6-14(12)19(2)18-13/h3-6,11,15H,7-10H2,1-2H3,(H,22,23). The van der Waals surface area contributed by atoms with Crippen LogP contribution in [0.5, 0.6) is 0 Å². The topological polar surface area (TPSA) is 75.4 Å². The monoisotopic (exact) mass is 315 g/mol. The normalized spacial score (nSPS) is 21.6. The first-order valence-electron chi connectivity index (χ1n) is 7.90. The molecule has 2 atom stereocenters. The van der Waals surface area contributed by atoms with E-state index >= 15 is 0 Å². The number of aromatic nitrogens is 2. The number of fused-ring (bicyclic) bond motifs is 1. The molecule has 1 aromatic heterocycles. The van der Waals surface area contributed by atoms with Crippen LogP contribution >= 0.6 is 0 Å². The maximum atomic E-state index is 12.7. The van der Waals surface area contributed by atoms with Gasteiger partial charge < -0.3 is 10.0 Å². The SMILES string of the molecule is CC1CCN(C(=O)Cc2nn(C)c3ccccc23)C(C(=O)O)C1. The number of piperidine rings is 1. The van der Waals surface area contributed by atoms with Gasteiger partial charge >= 0.3 is 5.97 Å². The minimum Gasteiger partial charge on any atom is -0.480 e. The lowest BCUT2D eigenvalue weighted by Gasteiger charge is -2.36. The number of benzene rings is 1. The highest BCUT2D eigenvalue weighted by atomic mass is 16.4. The summed E-state index contributed by atoms with van der Waals surface area (Å²) >= 11 is 0. The lowest BCUT2D eigenvalue weighted by molar-refractivity contribution is -0.152. The number of nitrogens with zero attached hydrogens (tertiary/aromatic N) is 3. The van der Waals surface area contributed by atoms with Crippen LogP contribution in [0.1, 0.15) is 25.5 Å². The molecule has 122 valence electrons. The van der Waals surface area contributed by atoms with Crippen LogP contribution in [0.15, 0.2) is 24.3 Å². The molecule has 3 rings (SSSR count). The van der Waals surface area contributed by atoms with Crippen molar-refractivity contribution in [3.8, 4) is 0 Å². The number of carbonyl (C=O) groups excluding carboxylic acids is 1. The maximum Gasteiger partial charge on any atom is 0.326 e. The van der Waals surface area contributed by atoms with E-state index in [1.165, 1.54) is 4.90 Å². The molecule has 1 amide bonds. The third-order valence-corrected chi connectivity index (χ3v) is 4.62. The third kappa shape index (κ3) is 2.93. The predicted octanol–water partition coefficient (Wildman–Crippen LogP) is 1.83. The number of para-hydroxylation sites is 1. The molecule has 2 unspecified atom stereocenters. The fraction of sp³-hybridized carbons (Fsp3) is 0.471. The van der Waals surface area contributed by atoms with E-state index < -0.39 is 12.0 Å². The van der Waals surface area contributed by atoms with E-state index in [0.717, 1.165) is 17.3 Å². The van der Waals surface area contributed by atoms with Crippen molar-refractivity contribution in [2.75, 3.05) is 6.54 Å². The second-order valence-electron chi connectivity index (χ2n) is 6.33. The molecule has 2 heterocycles. The highest BCUT2D eigenvalue weighted by molar-refractivity contribution is 5.89. The highest BCUT2D eigenvalue weighted by Crippen LogP contribution is 2.24. The van der Waals surface area contributed by atoms with E-state index in [2.05, 4.69) is 5.10 Å². The Morgan fingerprint density at radius 3 is 2.83 bits per heavy atom. The smallest absolute Gasteiger partial charge is 0.326 e. The van der Waals surface area contributed by atoms with Gasteiger partial charge in [0.2, 0.25) is 5.91 Å². The molecule has 6 nitrogen and oxygen atoms in total. The first-order valence-corrected chi connectivity index (χ1v) is 7.90. The fourth-order valence-electron chi connectivity index (χ4n) is 3.34. The molecule has 1 aliphatic rings. The quantitative estimate of drug-likeness (QED) is 0.937. The summed E-state index contributed by atoms with van der Waals surface area (Å²) in [5, 5.41) is 14.8. The molecule has 0 aliphatic carbocycles. The summed E-state index contributed by atoms with van der Waals surface area (Å²) in [5.74, 6) is -0.750. The molecule has 0 radical (unpaired) electrons. The van der Waals surface area contributed by atoms with E-state index in [9.17, 15) is 14.7 Å². The number of hydrogen-bond acceptors (Lipinski definition) is 3. The lowest BCUT2D eigenvalue weighted by Crippen LogP contribution is -2.50. The number of carboxylic acid groups (broad SMARTS) is 1. The van der Waals surface area contributed by atoms with Gasteiger partial charge in [0, 0.05) is 19.0 Å². The van der Waals surface area contributed by atoms with Gasteiger partial charge in [0.05, 0.1) is 17.6 Å². The van der Waals surface area contributed by atoms with Gasteiger partial charge in [0.1, 0.15) is 6.04 Å². The van der Waals surface area contributed by atoms with Gasteiger partial charge in [0.15, 0.2) is 0 Å². The highest BCUT2D eigenvalue weighted by Gasteiger charge is 2.34. The van der Waals surface area contributed by atoms with Crippen molar-refractivity contribution in [3.63, 3.8) is 0 Å². The van der Waals surface area contributed by atoms with Gasteiger partial charge in [-0.3, -0.25) is 9.48 Å². The Bertz CT molecular complexity index is 753. The average Bonchev–Trinajstić information content (AvgIpc) is 2.84. The van der Waals surface area contributed by atoms with E-state index in [-0.39, 0.29) is 12.3 Å². The van der Waals surface area contributed by atoms with E-state index in [0.29, 0.717) is 24.6 Å². The average molecular weight is 315 g/mol. The number of carboxylic acids is 1. The van der Waals surface area contributed by atoms with E-state index in [4.69, 9.17) is 0 Å². The van der Waals surface area contributed by atoms with Crippen molar-refractivity contribution in [1.29, 1.82) is 0 Å². The number of rotatable bonds is 3. The fourth-order valence-corrected chi connectivity index (χ4v) is 3.34. The molecule has 1 N–H and O–H groups in total. The molecule has 1 fully saturated rings. The summed E-state index contributed by atoms with van der Waals surface area (Å²) in [6.07, 6.45) is 1.50. The predicted molar refractivity (Wildman–Crippen MR) is 86.0 cm³/mol. The summed E-state index contributed by atoms with van der Waals surface area (Å²) in [6.45, 7) is 2.53. The zero-order valence-electron chi connectivity index (χ0n) is 13.4. The molecule has 0 saturated carbocycles. The van der Waals surface area contributed by atoms with Crippen LogP contribution in [0, 0.1) is 5.92 Å². The number of aliphatic carboxylic acids is 1. The minimum atomic E-state index is -0.921. The van der Waals surface area contributed by atoms with Gasteiger partial charge in [0.25, 0.3) is 0 Å². The zero-order valence-corrected chi connectivity index (χ0v) is 13.4. The molecule has 0 spiro atoms. The molecule has 1 saturated heterocycles. The maximum absolute atomic E-state index is 12.7. The molecule has 0 bridgehead atoms. The first kappa shape index (κ1) is 15.5. The van der Waals surface area contributed by atoms with Crippen LogP contribution in [0.3, 0.4) is 0 Å². The van der Waals surface area contributed by atoms with Crippen molar-refractivity contribution >= 4 is 22.8 Å². The molecule has 1 aromatic carbocycles. The molecule has 1 aliphatic heterocycles. The summed E-state index contributed by atoms with van der Waals surface area (Å²) in [4.78, 5) is 25.6. The van der Waals surface area contributed by atoms with Crippen LogP contribution in [0.4, 0.5) is 0 Å². The van der Waals surface area contributed by atoms with Crippen LogP contribution < -0.4 is 0 Å². The van der Waals surface area contributed by atoms with Crippen molar-refractivity contribution in [2.24, 2.45) is 13.0 Å². The number of aryl methyl sites for hydroxylation is 1. The van der Waals surface area contributed by atoms with E-state index in [1.807, 2.05) is 38.2 Å². The van der Waals surface area contributed by atoms with Gasteiger partial charge in [-0.25, -0.2) is 4.79 Å². The molecular weight excluding hydrogens is 294 g/mol. The summed E-state index contributed by atoms with van der Waals surface area (Å²) in [7, 11) is 1.85. The van der Waals surface area contributed by atoms with Crippen LogP contribution in [-0.4, -0.2) is 44.3 Å². The number of carbonyl (C=O) groups is 2. The van der Waals surface area contributed by atoms with Crippen LogP contribution in [0.2, 0.25) is 0 Å². The Morgan fingerprint density at radius 1 is 1.35 bits per heavy atom. The minimum absolute atomic E-state index is 0.138. The lowest BCUT2D eigenvalue weighted by atomic mass is 9.92. The Balaban J connectivity index is 1.84. The Morgan fingerprint density at radius 2 is 2.09 bits per heavy atom. The van der Waals surface area contributed by atoms with Crippen LogP contribution in [-0.2, 0) is 23.1 Å². The number of hydrogen-bond donors (Lipinski definition) is 1. The third-order valence-electron chi connectivity index (χ3n) is 4.62. The summed E-state index contributed by atoms with van der Waals surface area (Å²) in [6, 6.07) is 7.03. The first-order chi connectivity index (χ1) is 11.0. The van der Waals surface area contributed by atoms with Crippen molar-refractivity contribution in [2.45, 2.75) is 32.2 Å². The second-order valence-corrected chi connectivity index (χ2v) is 6.33. The zero-order chi connectivity index (χ0) is 16.6. The van der Waals surface area contributed by atoms with Crippen LogP contribution in [0.25, 0.3) is 10.9 Å². The van der Waals surface area contributed by atoms with Gasteiger partial charge in [-0.2, -0.15) is 5.10 Å². The molecule has 2 aromatic rings. The van der Waals surface area contributed by atoms with Crippen molar-refractivity contribution in [3.05, 3.63) is 30.0 Å². The number of likely N-dealkylation sites (tertiary alicyclic amines) is 1. The van der Waals surface area contributed by atoms with Crippen molar-refractivity contribution < 1.29 is 14.7 Å². The van der Waals surface area contributed by atoms with Crippen molar-refractivity contribution in [1.82, 2.24) is 14.7 Å². The molecule has 23 heavy (non-hydrogen) atoms. The molecular formula is C17H21N3O3. The summed E-state index contributed by atoms with van der Waals surface area (Å²) < 4.78 is 1.75. The largest absolute Gasteiger partial charge is 0.480 e. The Kier molecular flexibility index (Phi) is 4.07. The molecule has 6 heteroatoms. The van der Waals surface area contributed by atoms with E-state index in [1.54, 1.807) is 4.68 Å².